The van der Waals surface area contributed by atoms with E-state index in [0.29, 0.717) is 12.5 Å². The summed E-state index contributed by atoms with van der Waals surface area (Å²) in [5.41, 5.74) is 9.58. The molecule has 0 radical (unpaired) electrons. The predicted molar refractivity (Wildman–Crippen MR) is 85.4 cm³/mol. The zero-order valence-electron chi connectivity index (χ0n) is 12.4. The molecular weight excluding hydrogens is 289 g/mol. The summed E-state index contributed by atoms with van der Waals surface area (Å²) in [5.74, 6) is 0.684. The molecule has 4 heteroatoms. The molecule has 0 aliphatic heterocycles. The Hall–Kier alpha value is -1.74. The summed E-state index contributed by atoms with van der Waals surface area (Å²) >= 11 is 5.78. The SMILES string of the molecule is Cc1cc(OCc2ccc(F)c(Cl)c2)c(C(C)C)cc1N. The predicted octanol–water partition coefficient (Wildman–Crippen LogP) is 5.07. The summed E-state index contributed by atoms with van der Waals surface area (Å²) in [7, 11) is 0. The van der Waals surface area contributed by atoms with Crippen LogP contribution in [-0.4, -0.2) is 0 Å². The van der Waals surface area contributed by atoms with Crippen molar-refractivity contribution in [2.75, 3.05) is 5.73 Å². The third-order valence-electron chi connectivity index (χ3n) is 3.40. The molecule has 0 aromatic heterocycles. The Bertz CT molecular complexity index is 655. The molecule has 112 valence electrons. The van der Waals surface area contributed by atoms with Gasteiger partial charge in [0, 0.05) is 5.69 Å². The highest BCUT2D eigenvalue weighted by molar-refractivity contribution is 6.30. The molecule has 2 aromatic rings. The van der Waals surface area contributed by atoms with Gasteiger partial charge in [0.2, 0.25) is 0 Å². The van der Waals surface area contributed by atoms with E-state index >= 15 is 0 Å². The molecule has 0 spiro atoms. The Morgan fingerprint density at radius 2 is 1.95 bits per heavy atom. The minimum Gasteiger partial charge on any atom is -0.489 e. The molecule has 2 rings (SSSR count). The number of nitrogen functional groups attached to an aromatic ring is 1. The highest BCUT2D eigenvalue weighted by Crippen LogP contribution is 2.31. The van der Waals surface area contributed by atoms with Crippen LogP contribution < -0.4 is 10.5 Å². The normalized spacial score (nSPS) is 11.0. The lowest BCUT2D eigenvalue weighted by Gasteiger charge is -2.16. The van der Waals surface area contributed by atoms with Gasteiger partial charge in [-0.15, -0.1) is 0 Å². The average Bonchev–Trinajstić information content (AvgIpc) is 2.43. The fourth-order valence-corrected chi connectivity index (χ4v) is 2.29. The van der Waals surface area contributed by atoms with Gasteiger partial charge >= 0.3 is 0 Å². The van der Waals surface area contributed by atoms with E-state index in [4.69, 9.17) is 22.1 Å². The molecule has 0 saturated carbocycles. The van der Waals surface area contributed by atoms with Gasteiger partial charge in [0.25, 0.3) is 0 Å². The first-order valence-electron chi connectivity index (χ1n) is 6.85. The van der Waals surface area contributed by atoms with Crippen LogP contribution in [0.5, 0.6) is 5.75 Å². The monoisotopic (exact) mass is 307 g/mol. The third kappa shape index (κ3) is 3.67. The van der Waals surface area contributed by atoms with Gasteiger partial charge < -0.3 is 10.5 Å². The topological polar surface area (TPSA) is 35.2 Å². The van der Waals surface area contributed by atoms with Crippen molar-refractivity contribution in [3.8, 4) is 5.75 Å². The first kappa shape index (κ1) is 15.6. The van der Waals surface area contributed by atoms with Crippen LogP contribution in [0, 0.1) is 12.7 Å². The summed E-state index contributed by atoms with van der Waals surface area (Å²) < 4.78 is 19.0. The second-order valence-corrected chi connectivity index (χ2v) is 5.85. The highest BCUT2D eigenvalue weighted by Gasteiger charge is 2.11. The second-order valence-electron chi connectivity index (χ2n) is 5.44. The van der Waals surface area contributed by atoms with Crippen LogP contribution in [0.2, 0.25) is 5.02 Å². The number of rotatable bonds is 4. The minimum atomic E-state index is -0.424. The maximum atomic E-state index is 13.1. The van der Waals surface area contributed by atoms with Crippen LogP contribution in [0.3, 0.4) is 0 Å². The maximum absolute atomic E-state index is 13.1. The molecule has 0 atom stereocenters. The summed E-state index contributed by atoms with van der Waals surface area (Å²) in [4.78, 5) is 0. The lowest BCUT2D eigenvalue weighted by Crippen LogP contribution is -2.02. The van der Waals surface area contributed by atoms with E-state index in [9.17, 15) is 4.39 Å². The smallest absolute Gasteiger partial charge is 0.141 e. The molecule has 2 aromatic carbocycles. The molecule has 0 unspecified atom stereocenters. The standard InChI is InChI=1S/C17H19ClFNO/c1-10(2)13-8-16(20)11(3)6-17(13)21-9-12-4-5-15(19)14(18)7-12/h4-8,10H,9,20H2,1-3H3. The quantitative estimate of drug-likeness (QED) is 0.800. The number of nitrogens with two attached hydrogens (primary N) is 1. The Morgan fingerprint density at radius 1 is 1.24 bits per heavy atom. The first-order valence-corrected chi connectivity index (χ1v) is 7.23. The summed E-state index contributed by atoms with van der Waals surface area (Å²) in [6, 6.07) is 8.48. The molecule has 2 N–H and O–H groups in total. The number of benzene rings is 2. The summed E-state index contributed by atoms with van der Waals surface area (Å²) in [6.45, 7) is 6.46. The minimum absolute atomic E-state index is 0.105. The Kier molecular flexibility index (Phi) is 4.73. The van der Waals surface area contributed by atoms with Crippen molar-refractivity contribution in [3.63, 3.8) is 0 Å². The van der Waals surface area contributed by atoms with Gasteiger partial charge in [-0.25, -0.2) is 4.39 Å². The third-order valence-corrected chi connectivity index (χ3v) is 3.69. The van der Waals surface area contributed by atoms with Gasteiger partial charge in [0.15, 0.2) is 0 Å². The van der Waals surface area contributed by atoms with Gasteiger partial charge in [-0.1, -0.05) is 31.5 Å². The van der Waals surface area contributed by atoms with E-state index in [-0.39, 0.29) is 5.02 Å². The molecule has 0 amide bonds. The van der Waals surface area contributed by atoms with Gasteiger partial charge in [0.05, 0.1) is 5.02 Å². The van der Waals surface area contributed by atoms with Crippen molar-refractivity contribution in [1.82, 2.24) is 0 Å². The molecule has 0 fully saturated rings. The van der Waals surface area contributed by atoms with Crippen molar-refractivity contribution < 1.29 is 9.13 Å². The van der Waals surface area contributed by atoms with E-state index in [1.54, 1.807) is 12.1 Å². The second kappa shape index (κ2) is 6.35. The highest BCUT2D eigenvalue weighted by atomic mass is 35.5. The molecule has 21 heavy (non-hydrogen) atoms. The number of halogens is 2. The Morgan fingerprint density at radius 3 is 2.57 bits per heavy atom. The van der Waals surface area contributed by atoms with Crippen molar-refractivity contribution >= 4 is 17.3 Å². The van der Waals surface area contributed by atoms with E-state index in [1.165, 1.54) is 6.07 Å². The first-order chi connectivity index (χ1) is 9.88. The van der Waals surface area contributed by atoms with Crippen LogP contribution in [0.15, 0.2) is 30.3 Å². The fraction of sp³-hybridized carbons (Fsp3) is 0.294. The molecule has 2 nitrogen and oxygen atoms in total. The average molecular weight is 308 g/mol. The molecular formula is C17H19ClFNO. The van der Waals surface area contributed by atoms with Crippen molar-refractivity contribution in [3.05, 3.63) is 57.9 Å². The summed E-state index contributed by atoms with van der Waals surface area (Å²) in [5, 5.41) is 0.105. The van der Waals surface area contributed by atoms with E-state index in [0.717, 1.165) is 28.1 Å². The van der Waals surface area contributed by atoms with Gasteiger partial charge in [-0.2, -0.15) is 0 Å². The van der Waals surface area contributed by atoms with Crippen LogP contribution >= 0.6 is 11.6 Å². The largest absolute Gasteiger partial charge is 0.489 e. The van der Waals surface area contributed by atoms with Gasteiger partial charge in [-0.05, 0) is 53.8 Å². The van der Waals surface area contributed by atoms with Crippen LogP contribution in [0.1, 0.15) is 36.5 Å². The van der Waals surface area contributed by atoms with E-state index in [1.807, 2.05) is 19.1 Å². The van der Waals surface area contributed by atoms with Gasteiger partial charge in [0.1, 0.15) is 18.2 Å². The van der Waals surface area contributed by atoms with Crippen molar-refractivity contribution in [1.29, 1.82) is 0 Å². The lowest BCUT2D eigenvalue weighted by atomic mass is 9.99. The van der Waals surface area contributed by atoms with E-state index < -0.39 is 5.82 Å². The molecule has 0 aliphatic rings. The van der Waals surface area contributed by atoms with Crippen LogP contribution in [-0.2, 0) is 6.61 Å². The zero-order chi connectivity index (χ0) is 15.6. The van der Waals surface area contributed by atoms with E-state index in [2.05, 4.69) is 13.8 Å². The molecule has 0 bridgehead atoms. The number of ether oxygens (including phenoxy) is 1. The Labute approximate surface area is 129 Å². The number of anilines is 1. The van der Waals surface area contributed by atoms with Crippen molar-refractivity contribution in [2.45, 2.75) is 33.3 Å². The number of hydrogen-bond acceptors (Lipinski definition) is 2. The Balaban J connectivity index is 2.22. The maximum Gasteiger partial charge on any atom is 0.141 e. The molecule has 0 saturated heterocycles. The van der Waals surface area contributed by atoms with Crippen molar-refractivity contribution in [2.24, 2.45) is 0 Å². The van der Waals surface area contributed by atoms with Crippen LogP contribution in [0.4, 0.5) is 10.1 Å². The van der Waals surface area contributed by atoms with Crippen LogP contribution in [0.25, 0.3) is 0 Å². The zero-order valence-corrected chi connectivity index (χ0v) is 13.2. The summed E-state index contributed by atoms with van der Waals surface area (Å²) in [6.07, 6.45) is 0. The number of aryl methyl sites for hydroxylation is 1. The lowest BCUT2D eigenvalue weighted by molar-refractivity contribution is 0.301. The number of hydrogen-bond donors (Lipinski definition) is 1. The molecule has 0 aliphatic carbocycles. The fourth-order valence-electron chi connectivity index (χ4n) is 2.08. The van der Waals surface area contributed by atoms with Gasteiger partial charge in [-0.3, -0.25) is 0 Å². The molecule has 0 heterocycles.